The molecule has 12 nitrogen and oxygen atoms in total. The highest BCUT2D eigenvalue weighted by molar-refractivity contribution is 7.91. The number of thiazole rings is 1. The summed E-state index contributed by atoms with van der Waals surface area (Å²) in [6.45, 7) is 5.74. The van der Waals surface area contributed by atoms with Gasteiger partial charge < -0.3 is 15.7 Å². The molecule has 0 saturated carbocycles. The average molecular weight is 520 g/mol. The van der Waals surface area contributed by atoms with Gasteiger partial charge in [0.2, 0.25) is 5.91 Å². The number of aromatic carboxylic acids is 1. The number of para-hydroxylation sites is 1. The molecule has 3 heterocycles. The minimum Gasteiger partial charge on any atom is -0.478 e. The molecule has 0 radical (unpaired) electrons. The highest BCUT2D eigenvalue weighted by atomic mass is 32.2. The van der Waals surface area contributed by atoms with Crippen molar-refractivity contribution in [2.24, 2.45) is 0 Å². The highest BCUT2D eigenvalue weighted by Gasteiger charge is 2.30. The van der Waals surface area contributed by atoms with Gasteiger partial charge in [-0.3, -0.25) is 9.69 Å². The third-order valence-electron chi connectivity index (χ3n) is 5.50. The number of carbonyl (C=O) groups is 2. The van der Waals surface area contributed by atoms with Gasteiger partial charge in [-0.15, -0.1) is 0 Å². The monoisotopic (exact) mass is 519 g/mol. The van der Waals surface area contributed by atoms with Crippen molar-refractivity contribution in [2.45, 2.75) is 24.1 Å². The summed E-state index contributed by atoms with van der Waals surface area (Å²) in [7, 11) is -3.68. The number of carbonyl (C=O) groups excluding carboxylic acids is 1. The fourth-order valence-corrected chi connectivity index (χ4v) is 6.56. The Hall–Kier alpha value is -3.20. The molecule has 1 aliphatic rings. The minimum absolute atomic E-state index is 0.0357. The van der Waals surface area contributed by atoms with Crippen LogP contribution in [0.4, 0.5) is 10.9 Å². The van der Waals surface area contributed by atoms with Gasteiger partial charge in [-0.25, -0.2) is 28.2 Å². The third kappa shape index (κ3) is 5.56. The molecule has 1 aromatic carbocycles. The number of piperazine rings is 1. The Morgan fingerprint density at radius 3 is 2.60 bits per heavy atom. The van der Waals surface area contributed by atoms with Crippen LogP contribution in [-0.4, -0.2) is 88.3 Å². The first-order valence-corrected chi connectivity index (χ1v) is 13.1. The number of amides is 1. The number of aromatic nitrogens is 3. The zero-order valence-electron chi connectivity index (χ0n) is 19.1. The average Bonchev–Trinajstić information content (AvgIpc) is 3.28. The summed E-state index contributed by atoms with van der Waals surface area (Å²) in [4.78, 5) is 37.2. The fourth-order valence-electron chi connectivity index (χ4n) is 3.91. The quantitative estimate of drug-likeness (QED) is 0.399. The van der Waals surface area contributed by atoms with Crippen molar-refractivity contribution in [1.29, 1.82) is 0 Å². The van der Waals surface area contributed by atoms with E-state index in [2.05, 4.69) is 30.5 Å². The summed E-state index contributed by atoms with van der Waals surface area (Å²) in [6, 6.07) is 4.90. The van der Waals surface area contributed by atoms with Gasteiger partial charge >= 0.3 is 5.97 Å². The third-order valence-corrected chi connectivity index (χ3v) is 8.75. The maximum Gasteiger partial charge on any atom is 0.337 e. The van der Waals surface area contributed by atoms with E-state index < -0.39 is 16.0 Å². The van der Waals surface area contributed by atoms with Crippen LogP contribution in [0.3, 0.4) is 0 Å². The number of nitrogens with one attached hydrogen (secondary N) is 2. The number of benzene rings is 1. The van der Waals surface area contributed by atoms with Crippen LogP contribution in [0.2, 0.25) is 0 Å². The van der Waals surface area contributed by atoms with Gasteiger partial charge in [0, 0.05) is 51.1 Å². The second-order valence-electron chi connectivity index (χ2n) is 8.14. The number of hydrogen-bond donors (Lipinski definition) is 3. The molecule has 1 saturated heterocycles. The number of fused-ring (bicyclic) bond motifs is 1. The molecule has 1 aliphatic heterocycles. The number of hydrogen-bond acceptors (Lipinski definition) is 10. The number of sulfonamides is 1. The van der Waals surface area contributed by atoms with Crippen LogP contribution < -0.4 is 10.6 Å². The van der Waals surface area contributed by atoms with E-state index in [1.807, 2.05) is 6.92 Å². The summed E-state index contributed by atoms with van der Waals surface area (Å²) < 4.78 is 27.4. The van der Waals surface area contributed by atoms with Gasteiger partial charge in [-0.1, -0.05) is 17.4 Å². The van der Waals surface area contributed by atoms with Crippen LogP contribution in [-0.2, 0) is 14.8 Å². The van der Waals surface area contributed by atoms with Gasteiger partial charge in [0.1, 0.15) is 12.1 Å². The van der Waals surface area contributed by atoms with E-state index in [0.717, 1.165) is 11.3 Å². The summed E-state index contributed by atoms with van der Waals surface area (Å²) in [5.74, 6) is -0.810. The predicted molar refractivity (Wildman–Crippen MR) is 131 cm³/mol. The first-order valence-electron chi connectivity index (χ1n) is 10.8. The summed E-state index contributed by atoms with van der Waals surface area (Å²) in [5, 5.41) is 16.1. The van der Waals surface area contributed by atoms with Gasteiger partial charge in [0.05, 0.1) is 17.3 Å². The zero-order chi connectivity index (χ0) is 25.2. The zero-order valence-corrected chi connectivity index (χ0v) is 20.8. The van der Waals surface area contributed by atoms with E-state index in [-0.39, 0.29) is 26.9 Å². The van der Waals surface area contributed by atoms with E-state index in [1.165, 1.54) is 29.8 Å². The first kappa shape index (κ1) is 24.9. The first-order chi connectivity index (χ1) is 16.6. The number of anilines is 2. The van der Waals surface area contributed by atoms with E-state index in [0.29, 0.717) is 49.4 Å². The summed E-state index contributed by atoms with van der Waals surface area (Å²) in [6.07, 6.45) is 2.61. The Bertz CT molecular complexity index is 1350. The van der Waals surface area contributed by atoms with E-state index >= 15 is 0 Å². The van der Waals surface area contributed by atoms with Crippen molar-refractivity contribution in [3.05, 3.63) is 36.3 Å². The molecule has 3 aromatic rings. The predicted octanol–water partition coefficient (Wildman–Crippen LogP) is 1.55. The molecule has 4 rings (SSSR count). The van der Waals surface area contributed by atoms with Gasteiger partial charge in [0.15, 0.2) is 9.34 Å². The SMILES string of the molecule is CC(=O)Nc1ncc(S(=O)(=O)N2CCN(C[C@H](C)Nc3ncnc4c(C(=O)O)cccc34)CC2)s1. The van der Waals surface area contributed by atoms with E-state index in [1.54, 1.807) is 12.1 Å². The maximum absolute atomic E-state index is 13.0. The highest BCUT2D eigenvalue weighted by Crippen LogP contribution is 2.27. The number of rotatable bonds is 8. The Morgan fingerprint density at radius 1 is 1.17 bits per heavy atom. The molecule has 0 spiro atoms. The lowest BCUT2D eigenvalue weighted by molar-refractivity contribution is -0.114. The Morgan fingerprint density at radius 2 is 1.91 bits per heavy atom. The molecule has 0 aliphatic carbocycles. The molecule has 0 unspecified atom stereocenters. The summed E-state index contributed by atoms with van der Waals surface area (Å²) in [5.41, 5.74) is 0.483. The molecule has 0 bridgehead atoms. The van der Waals surface area contributed by atoms with Crippen molar-refractivity contribution in [3.8, 4) is 0 Å². The molecular weight excluding hydrogens is 494 g/mol. The maximum atomic E-state index is 13.0. The Labute approximate surface area is 206 Å². The van der Waals surface area contributed by atoms with Gasteiger partial charge in [-0.05, 0) is 19.1 Å². The lowest BCUT2D eigenvalue weighted by atomic mass is 10.1. The van der Waals surface area contributed by atoms with Crippen molar-refractivity contribution in [1.82, 2.24) is 24.2 Å². The Kier molecular flexibility index (Phi) is 7.25. The molecule has 186 valence electrons. The molecule has 2 aromatic heterocycles. The van der Waals surface area contributed by atoms with Crippen molar-refractivity contribution in [2.75, 3.05) is 43.4 Å². The minimum atomic E-state index is -3.68. The number of carboxylic acids is 1. The van der Waals surface area contributed by atoms with E-state index in [4.69, 9.17) is 0 Å². The largest absolute Gasteiger partial charge is 0.478 e. The smallest absolute Gasteiger partial charge is 0.337 e. The van der Waals surface area contributed by atoms with Crippen LogP contribution in [0.5, 0.6) is 0 Å². The standard InChI is InChI=1S/C21H25N7O5S2/c1-13(25-19-15-4-3-5-16(20(30)31)18(15)23-12-24-19)11-27-6-8-28(9-7-27)35(32,33)17-10-22-21(34-17)26-14(2)29/h3-5,10,12-13H,6-9,11H2,1-2H3,(H,30,31)(H,22,26,29)(H,23,24,25)/t13-/m0/s1. The van der Waals surface area contributed by atoms with Crippen molar-refractivity contribution in [3.63, 3.8) is 0 Å². The second-order valence-corrected chi connectivity index (χ2v) is 11.3. The molecule has 1 atom stereocenters. The van der Waals surface area contributed by atoms with Crippen molar-refractivity contribution < 1.29 is 23.1 Å². The molecule has 1 fully saturated rings. The molecule has 3 N–H and O–H groups in total. The fraction of sp³-hybridized carbons (Fsp3) is 0.381. The lowest BCUT2D eigenvalue weighted by Crippen LogP contribution is -2.50. The second kappa shape index (κ2) is 10.2. The topological polar surface area (TPSA) is 158 Å². The van der Waals surface area contributed by atoms with Gasteiger partial charge in [0.25, 0.3) is 10.0 Å². The number of nitrogens with zero attached hydrogens (tertiary/aromatic N) is 5. The van der Waals surface area contributed by atoms with Crippen LogP contribution in [0.15, 0.2) is 34.9 Å². The molecule has 1 amide bonds. The Balaban J connectivity index is 1.36. The van der Waals surface area contributed by atoms with E-state index in [9.17, 15) is 23.1 Å². The molecular formula is C21H25N7O5S2. The summed E-state index contributed by atoms with van der Waals surface area (Å²) >= 11 is 0.933. The molecule has 14 heteroatoms. The van der Waals surface area contributed by atoms with Gasteiger partial charge in [-0.2, -0.15) is 4.31 Å². The lowest BCUT2D eigenvalue weighted by Gasteiger charge is -2.35. The number of carboxylic acid groups (broad SMARTS) is 1. The van der Waals surface area contributed by atoms with Crippen LogP contribution >= 0.6 is 11.3 Å². The van der Waals surface area contributed by atoms with Crippen LogP contribution in [0.1, 0.15) is 24.2 Å². The van der Waals surface area contributed by atoms with Crippen LogP contribution in [0.25, 0.3) is 10.9 Å². The van der Waals surface area contributed by atoms with Crippen molar-refractivity contribution >= 4 is 55.1 Å². The van der Waals surface area contributed by atoms with Crippen LogP contribution in [0, 0.1) is 0 Å². The molecule has 35 heavy (non-hydrogen) atoms. The normalized spacial score (nSPS) is 16.2.